The maximum atomic E-state index is 10.3. The van der Waals surface area contributed by atoms with E-state index in [1.165, 1.54) is 6.92 Å². The van der Waals surface area contributed by atoms with Crippen molar-refractivity contribution in [3.63, 3.8) is 0 Å². The molecule has 1 amide bonds. The molecule has 0 aromatic rings. The molecule has 0 heterocycles. The van der Waals surface area contributed by atoms with Gasteiger partial charge in [-0.1, -0.05) is 0 Å². The number of rotatable bonds is 4. The van der Waals surface area contributed by atoms with Crippen LogP contribution in [0.3, 0.4) is 0 Å². The summed E-state index contributed by atoms with van der Waals surface area (Å²) in [5.74, 6) is -0.0932. The molecular weight excluding hydrogens is 146 g/mol. The number of carbonyl (C=O) groups is 1. The summed E-state index contributed by atoms with van der Waals surface area (Å²) in [4.78, 5) is 10.3. The molecule has 0 fully saturated rings. The first-order valence-electron chi connectivity index (χ1n) is 3.19. The average Bonchev–Trinajstić information content (AvgIpc) is 1.85. The lowest BCUT2D eigenvalue weighted by Crippen LogP contribution is -2.31. The van der Waals surface area contributed by atoms with E-state index in [9.17, 15) is 4.79 Å². The highest BCUT2D eigenvalue weighted by Gasteiger charge is 1.87. The highest BCUT2D eigenvalue weighted by Crippen LogP contribution is 1.61. The number of hydrogen-bond donors (Lipinski definition) is 4. The van der Waals surface area contributed by atoms with Gasteiger partial charge in [-0.25, -0.2) is 0 Å². The van der Waals surface area contributed by atoms with Gasteiger partial charge in [0.1, 0.15) is 0 Å². The summed E-state index contributed by atoms with van der Waals surface area (Å²) in [5.41, 5.74) is 12.6. The second kappa shape index (κ2) is 5.33. The van der Waals surface area contributed by atoms with E-state index in [1.54, 1.807) is 0 Å². The highest BCUT2D eigenvalue weighted by atomic mass is 16.1. The van der Waals surface area contributed by atoms with Crippen LogP contribution in [0.4, 0.5) is 0 Å². The predicted octanol–water partition coefficient (Wildman–Crippen LogP) is -2.10. The molecule has 0 rings (SSSR count). The van der Waals surface area contributed by atoms with Crippen LogP contribution in [-0.4, -0.2) is 25.0 Å². The lowest BCUT2D eigenvalue weighted by Gasteiger charge is -2.00. The first-order valence-corrected chi connectivity index (χ1v) is 3.19. The minimum atomic E-state index is -0.0727. The Balaban J connectivity index is 3.15. The van der Waals surface area contributed by atoms with Gasteiger partial charge in [-0.15, -0.1) is 5.10 Å². The highest BCUT2D eigenvalue weighted by molar-refractivity contribution is 5.75. The smallest absolute Gasteiger partial charge is 0.216 e. The summed E-state index contributed by atoms with van der Waals surface area (Å²) in [6.45, 7) is 2.46. The normalized spacial score (nSPS) is 8.45. The Kier molecular flexibility index (Phi) is 4.63. The first kappa shape index (κ1) is 9.54. The molecule has 0 bridgehead atoms. The van der Waals surface area contributed by atoms with Crippen molar-refractivity contribution in [1.29, 1.82) is 0 Å². The van der Waals surface area contributed by atoms with Crippen molar-refractivity contribution in [2.75, 3.05) is 13.1 Å². The van der Waals surface area contributed by atoms with Crippen LogP contribution in [0.2, 0.25) is 0 Å². The van der Waals surface area contributed by atoms with E-state index in [2.05, 4.69) is 15.8 Å². The van der Waals surface area contributed by atoms with Gasteiger partial charge in [-0.2, -0.15) is 0 Å². The third-order valence-corrected chi connectivity index (χ3v) is 0.819. The van der Waals surface area contributed by atoms with Crippen molar-refractivity contribution in [3.8, 4) is 0 Å². The van der Waals surface area contributed by atoms with Crippen molar-refractivity contribution < 1.29 is 4.79 Å². The second-order valence-electron chi connectivity index (χ2n) is 1.93. The third kappa shape index (κ3) is 8.54. The third-order valence-electron chi connectivity index (χ3n) is 0.819. The summed E-state index contributed by atoms with van der Waals surface area (Å²) in [6, 6.07) is 0. The Morgan fingerprint density at radius 1 is 1.45 bits per heavy atom. The predicted molar refractivity (Wildman–Crippen MR) is 42.5 cm³/mol. The van der Waals surface area contributed by atoms with Gasteiger partial charge in [0.05, 0.1) is 6.54 Å². The van der Waals surface area contributed by atoms with Crippen LogP contribution in [0.15, 0.2) is 5.10 Å². The van der Waals surface area contributed by atoms with E-state index in [0.717, 1.165) is 0 Å². The van der Waals surface area contributed by atoms with E-state index >= 15 is 0 Å². The van der Waals surface area contributed by atoms with Crippen molar-refractivity contribution in [3.05, 3.63) is 0 Å². The molecule has 0 aliphatic heterocycles. The monoisotopic (exact) mass is 159 g/mol. The van der Waals surface area contributed by atoms with Crippen molar-refractivity contribution in [2.24, 2.45) is 16.6 Å². The molecule has 6 heteroatoms. The zero-order valence-electron chi connectivity index (χ0n) is 6.42. The molecular formula is C5H13N5O. The van der Waals surface area contributed by atoms with E-state index in [1.807, 2.05) is 0 Å². The Hall–Kier alpha value is -1.46. The van der Waals surface area contributed by atoms with Gasteiger partial charge in [0, 0.05) is 13.5 Å². The number of nitrogens with one attached hydrogen (secondary N) is 2. The van der Waals surface area contributed by atoms with Gasteiger partial charge in [-0.05, 0) is 0 Å². The summed E-state index contributed by atoms with van der Waals surface area (Å²) in [6.07, 6.45) is 0. The Bertz CT molecular complexity index is 151. The van der Waals surface area contributed by atoms with Crippen LogP contribution >= 0.6 is 0 Å². The van der Waals surface area contributed by atoms with Crippen LogP contribution in [0.1, 0.15) is 6.92 Å². The summed E-state index contributed by atoms with van der Waals surface area (Å²) in [5, 5.41) is 6.06. The van der Waals surface area contributed by atoms with E-state index in [0.29, 0.717) is 13.1 Å². The molecule has 0 saturated carbocycles. The number of nitrogens with two attached hydrogens (primary N) is 2. The van der Waals surface area contributed by atoms with Gasteiger partial charge in [0.25, 0.3) is 0 Å². The largest absolute Gasteiger partial charge is 0.369 e. The number of carbonyl (C=O) groups excluding carboxylic acids is 1. The molecule has 6 nitrogen and oxygen atoms in total. The van der Waals surface area contributed by atoms with Gasteiger partial charge in [-0.3, -0.25) is 4.79 Å². The molecule has 11 heavy (non-hydrogen) atoms. The van der Waals surface area contributed by atoms with Crippen molar-refractivity contribution in [2.45, 2.75) is 6.92 Å². The zero-order chi connectivity index (χ0) is 8.69. The molecule has 0 atom stereocenters. The van der Waals surface area contributed by atoms with Gasteiger partial charge in [0.15, 0.2) is 0 Å². The molecule has 0 aromatic heterocycles. The van der Waals surface area contributed by atoms with Gasteiger partial charge >= 0.3 is 0 Å². The molecule has 6 N–H and O–H groups in total. The molecule has 0 spiro atoms. The van der Waals surface area contributed by atoms with Gasteiger partial charge in [0.2, 0.25) is 11.9 Å². The Morgan fingerprint density at radius 3 is 2.55 bits per heavy atom. The summed E-state index contributed by atoms with van der Waals surface area (Å²) < 4.78 is 0. The van der Waals surface area contributed by atoms with Crippen LogP contribution in [-0.2, 0) is 4.79 Å². The maximum absolute atomic E-state index is 10.3. The van der Waals surface area contributed by atoms with Crippen LogP contribution < -0.4 is 22.2 Å². The standard InChI is InChI=1S/C5H13N5O/c1-4(11)8-2-3-9-10-5(6)7/h9H,2-3H2,1H3,(H,8,11)(H4,6,7,10). The molecule has 0 unspecified atom stereocenters. The second-order valence-corrected chi connectivity index (χ2v) is 1.93. The minimum Gasteiger partial charge on any atom is -0.369 e. The van der Waals surface area contributed by atoms with Gasteiger partial charge < -0.3 is 22.2 Å². The number of hydrogen-bond acceptors (Lipinski definition) is 3. The molecule has 0 aliphatic carbocycles. The molecule has 64 valence electrons. The first-order chi connectivity index (χ1) is 5.13. The van der Waals surface area contributed by atoms with Crippen LogP contribution in [0.25, 0.3) is 0 Å². The molecule has 0 saturated heterocycles. The lowest BCUT2D eigenvalue weighted by atomic mass is 10.6. The van der Waals surface area contributed by atoms with Crippen molar-refractivity contribution in [1.82, 2.24) is 10.7 Å². The van der Waals surface area contributed by atoms with E-state index < -0.39 is 0 Å². The molecule has 0 aliphatic rings. The van der Waals surface area contributed by atoms with Crippen molar-refractivity contribution >= 4 is 11.9 Å². The number of amides is 1. The maximum Gasteiger partial charge on any atom is 0.216 e. The topological polar surface area (TPSA) is 106 Å². The fraction of sp³-hybridized carbons (Fsp3) is 0.600. The summed E-state index contributed by atoms with van der Waals surface area (Å²) >= 11 is 0. The Morgan fingerprint density at radius 2 is 2.09 bits per heavy atom. The fourth-order valence-electron chi connectivity index (χ4n) is 0.442. The zero-order valence-corrected chi connectivity index (χ0v) is 6.42. The molecule has 0 aromatic carbocycles. The SMILES string of the molecule is CC(=O)NCCNN=C(N)N. The summed E-state index contributed by atoms with van der Waals surface area (Å²) in [7, 11) is 0. The van der Waals surface area contributed by atoms with Crippen LogP contribution in [0, 0.1) is 0 Å². The van der Waals surface area contributed by atoms with Crippen LogP contribution in [0.5, 0.6) is 0 Å². The minimum absolute atomic E-state index is 0.0205. The lowest BCUT2D eigenvalue weighted by molar-refractivity contribution is -0.118. The Labute approximate surface area is 65.0 Å². The number of guanidine groups is 1. The average molecular weight is 159 g/mol. The quantitative estimate of drug-likeness (QED) is 0.163. The fourth-order valence-corrected chi connectivity index (χ4v) is 0.442. The van der Waals surface area contributed by atoms with E-state index in [-0.39, 0.29) is 11.9 Å². The number of nitrogens with zero attached hydrogens (tertiary/aromatic N) is 1. The molecule has 0 radical (unpaired) electrons. The number of hydrazone groups is 1. The van der Waals surface area contributed by atoms with E-state index in [4.69, 9.17) is 11.5 Å².